The lowest BCUT2D eigenvalue weighted by atomic mass is 10.1. The molecule has 2 rings (SSSR count). The summed E-state index contributed by atoms with van der Waals surface area (Å²) in [6, 6.07) is 2.26. The van der Waals surface area contributed by atoms with E-state index >= 15 is 0 Å². The molecule has 5 nitrogen and oxygen atoms in total. The summed E-state index contributed by atoms with van der Waals surface area (Å²) in [5.41, 5.74) is -0.268. The Labute approximate surface area is 140 Å². The molecule has 1 amide bonds. The maximum absolute atomic E-state index is 14.0. The summed E-state index contributed by atoms with van der Waals surface area (Å²) in [6.45, 7) is 5.72. The minimum atomic E-state index is -0.777. The molecule has 0 unspecified atom stereocenters. The standard InChI is InChI=1S/C17H24F2N2O3/c1-3-7-23-13-8-15(18)14(16(19)9-13)11-24-17(22)21-6-5-20-10-12(21)4-2/h8-9,12,20H,3-7,10-11H2,1-2H3/t12-/m1/s1. The van der Waals surface area contributed by atoms with Crippen LogP contribution in [0.2, 0.25) is 0 Å². The van der Waals surface area contributed by atoms with E-state index in [1.807, 2.05) is 13.8 Å². The number of hydrogen-bond donors (Lipinski definition) is 1. The first-order chi connectivity index (χ1) is 11.6. The van der Waals surface area contributed by atoms with Gasteiger partial charge in [-0.3, -0.25) is 0 Å². The minimum absolute atomic E-state index is 0.0331. The number of amides is 1. The van der Waals surface area contributed by atoms with Gasteiger partial charge in [-0.1, -0.05) is 13.8 Å². The molecule has 0 bridgehead atoms. The maximum atomic E-state index is 14.0. The predicted octanol–water partition coefficient (Wildman–Crippen LogP) is 3.07. The van der Waals surface area contributed by atoms with Crippen molar-refractivity contribution >= 4 is 6.09 Å². The third kappa shape index (κ3) is 4.56. The van der Waals surface area contributed by atoms with Crippen LogP contribution in [-0.4, -0.2) is 43.3 Å². The highest BCUT2D eigenvalue weighted by molar-refractivity contribution is 5.68. The van der Waals surface area contributed by atoms with E-state index < -0.39 is 24.3 Å². The summed E-state index contributed by atoms with van der Waals surface area (Å²) < 4.78 is 38.4. The van der Waals surface area contributed by atoms with Crippen LogP contribution in [0.1, 0.15) is 32.3 Å². The highest BCUT2D eigenvalue weighted by atomic mass is 19.1. The fraction of sp³-hybridized carbons (Fsp3) is 0.588. The molecule has 7 heteroatoms. The number of hydrogen-bond acceptors (Lipinski definition) is 4. The van der Waals surface area contributed by atoms with Gasteiger partial charge in [-0.25, -0.2) is 13.6 Å². The van der Waals surface area contributed by atoms with Gasteiger partial charge < -0.3 is 19.7 Å². The van der Waals surface area contributed by atoms with Crippen LogP contribution in [0.3, 0.4) is 0 Å². The van der Waals surface area contributed by atoms with E-state index in [4.69, 9.17) is 9.47 Å². The van der Waals surface area contributed by atoms with Crippen LogP contribution < -0.4 is 10.1 Å². The molecule has 1 atom stereocenters. The number of piperazine rings is 1. The molecule has 1 aromatic rings. The van der Waals surface area contributed by atoms with Crippen LogP contribution in [-0.2, 0) is 11.3 Å². The Kier molecular flexibility index (Phi) is 6.78. The molecule has 1 fully saturated rings. The first kappa shape index (κ1) is 18.4. The third-order valence-corrected chi connectivity index (χ3v) is 3.98. The number of carbonyl (C=O) groups excluding carboxylic acids is 1. The van der Waals surface area contributed by atoms with E-state index in [1.165, 1.54) is 0 Å². The normalized spacial score (nSPS) is 17.7. The molecule has 0 spiro atoms. The second kappa shape index (κ2) is 8.82. The Morgan fingerprint density at radius 2 is 2.04 bits per heavy atom. The van der Waals surface area contributed by atoms with E-state index in [2.05, 4.69) is 5.32 Å². The number of carbonyl (C=O) groups is 1. The number of halogens is 2. The Bertz CT molecular complexity index is 546. The van der Waals surface area contributed by atoms with Crippen molar-refractivity contribution in [3.8, 4) is 5.75 Å². The van der Waals surface area contributed by atoms with Crippen molar-refractivity contribution in [3.05, 3.63) is 29.3 Å². The van der Waals surface area contributed by atoms with Gasteiger partial charge in [0, 0.05) is 37.8 Å². The molecule has 0 radical (unpaired) electrons. The zero-order chi connectivity index (χ0) is 17.5. The average Bonchev–Trinajstić information content (AvgIpc) is 2.58. The topological polar surface area (TPSA) is 50.8 Å². The molecular weight excluding hydrogens is 318 g/mol. The van der Waals surface area contributed by atoms with E-state index in [9.17, 15) is 13.6 Å². The molecule has 1 aromatic carbocycles. The third-order valence-electron chi connectivity index (χ3n) is 3.98. The van der Waals surface area contributed by atoms with Gasteiger partial charge in [-0.2, -0.15) is 0 Å². The van der Waals surface area contributed by atoms with Gasteiger partial charge in [0.15, 0.2) is 0 Å². The van der Waals surface area contributed by atoms with Crippen LogP contribution in [0.5, 0.6) is 5.75 Å². The van der Waals surface area contributed by atoms with E-state index in [-0.39, 0.29) is 17.4 Å². The Hall–Kier alpha value is -1.89. The van der Waals surface area contributed by atoms with Crippen molar-refractivity contribution < 1.29 is 23.0 Å². The van der Waals surface area contributed by atoms with Gasteiger partial charge in [-0.05, 0) is 12.8 Å². The van der Waals surface area contributed by atoms with Crippen LogP contribution >= 0.6 is 0 Å². The molecule has 134 valence electrons. The SMILES string of the molecule is CCCOc1cc(F)c(COC(=O)N2CCNC[C@H]2CC)c(F)c1. The Balaban J connectivity index is 1.99. The van der Waals surface area contributed by atoms with Crippen molar-refractivity contribution in [2.45, 2.75) is 39.3 Å². The molecule has 1 heterocycles. The van der Waals surface area contributed by atoms with Gasteiger partial charge in [0.05, 0.1) is 12.2 Å². The quantitative estimate of drug-likeness (QED) is 0.863. The van der Waals surface area contributed by atoms with E-state index in [0.29, 0.717) is 26.2 Å². The minimum Gasteiger partial charge on any atom is -0.493 e. The molecule has 1 aliphatic heterocycles. The number of rotatable bonds is 6. The van der Waals surface area contributed by atoms with Crippen molar-refractivity contribution in [1.29, 1.82) is 0 Å². The van der Waals surface area contributed by atoms with Gasteiger partial charge in [-0.15, -0.1) is 0 Å². The molecule has 1 saturated heterocycles. The van der Waals surface area contributed by atoms with Crippen molar-refractivity contribution in [3.63, 3.8) is 0 Å². The maximum Gasteiger partial charge on any atom is 0.410 e. The summed E-state index contributed by atoms with van der Waals surface area (Å²) in [6.07, 6.45) is 0.980. The summed E-state index contributed by atoms with van der Waals surface area (Å²) in [5.74, 6) is -1.42. The average molecular weight is 342 g/mol. The van der Waals surface area contributed by atoms with E-state index in [1.54, 1.807) is 4.90 Å². The van der Waals surface area contributed by atoms with Gasteiger partial charge >= 0.3 is 6.09 Å². The van der Waals surface area contributed by atoms with Crippen molar-refractivity contribution in [2.24, 2.45) is 0 Å². The van der Waals surface area contributed by atoms with Crippen molar-refractivity contribution in [2.75, 3.05) is 26.2 Å². The van der Waals surface area contributed by atoms with Crippen LogP contribution in [0.25, 0.3) is 0 Å². The fourth-order valence-electron chi connectivity index (χ4n) is 2.60. The first-order valence-electron chi connectivity index (χ1n) is 8.31. The zero-order valence-electron chi connectivity index (χ0n) is 14.1. The monoisotopic (exact) mass is 342 g/mol. The van der Waals surface area contributed by atoms with E-state index in [0.717, 1.165) is 25.0 Å². The number of benzene rings is 1. The highest BCUT2D eigenvalue weighted by Gasteiger charge is 2.26. The molecule has 0 aliphatic carbocycles. The lowest BCUT2D eigenvalue weighted by Gasteiger charge is -2.34. The van der Waals surface area contributed by atoms with Crippen LogP contribution in [0.15, 0.2) is 12.1 Å². The lowest BCUT2D eigenvalue weighted by Crippen LogP contribution is -2.53. The highest BCUT2D eigenvalue weighted by Crippen LogP contribution is 2.22. The summed E-state index contributed by atoms with van der Waals surface area (Å²) in [7, 11) is 0. The number of nitrogens with one attached hydrogen (secondary N) is 1. The van der Waals surface area contributed by atoms with Gasteiger partial charge in [0.2, 0.25) is 0 Å². The molecular formula is C17H24F2N2O3. The largest absolute Gasteiger partial charge is 0.493 e. The van der Waals surface area contributed by atoms with Gasteiger partial charge in [0.1, 0.15) is 24.0 Å². The smallest absolute Gasteiger partial charge is 0.410 e. The second-order valence-electron chi connectivity index (χ2n) is 5.73. The Morgan fingerprint density at radius 3 is 2.67 bits per heavy atom. The number of nitrogens with zero attached hydrogens (tertiary/aromatic N) is 1. The second-order valence-corrected chi connectivity index (χ2v) is 5.73. The first-order valence-corrected chi connectivity index (χ1v) is 8.31. The lowest BCUT2D eigenvalue weighted by molar-refractivity contribution is 0.0699. The molecule has 0 aromatic heterocycles. The molecule has 0 saturated carbocycles. The van der Waals surface area contributed by atoms with Gasteiger partial charge in [0.25, 0.3) is 0 Å². The van der Waals surface area contributed by atoms with Crippen LogP contribution in [0.4, 0.5) is 13.6 Å². The fourth-order valence-corrected chi connectivity index (χ4v) is 2.60. The van der Waals surface area contributed by atoms with Crippen LogP contribution in [0, 0.1) is 11.6 Å². The predicted molar refractivity (Wildman–Crippen MR) is 86.0 cm³/mol. The zero-order valence-corrected chi connectivity index (χ0v) is 14.1. The molecule has 24 heavy (non-hydrogen) atoms. The summed E-state index contributed by atoms with van der Waals surface area (Å²) in [4.78, 5) is 13.8. The summed E-state index contributed by atoms with van der Waals surface area (Å²) in [5, 5.41) is 3.20. The van der Waals surface area contributed by atoms with Crippen molar-refractivity contribution in [1.82, 2.24) is 10.2 Å². The Morgan fingerprint density at radius 1 is 1.33 bits per heavy atom. The summed E-state index contributed by atoms with van der Waals surface area (Å²) >= 11 is 0. The number of ether oxygens (including phenoxy) is 2. The molecule has 1 aliphatic rings. The molecule has 1 N–H and O–H groups in total.